The third-order valence-electron chi connectivity index (χ3n) is 3.68. The zero-order valence-corrected chi connectivity index (χ0v) is 11.1. The zero-order chi connectivity index (χ0) is 15.0. The van der Waals surface area contributed by atoms with Gasteiger partial charge in [-0.15, -0.1) is 0 Å². The van der Waals surface area contributed by atoms with Gasteiger partial charge in [0, 0.05) is 24.4 Å². The number of primary amides is 1. The molecule has 0 radical (unpaired) electrons. The fourth-order valence-electron chi connectivity index (χ4n) is 2.75. The summed E-state index contributed by atoms with van der Waals surface area (Å²) in [5, 5.41) is 9.14. The Balaban J connectivity index is 2.01. The third kappa shape index (κ3) is 2.09. The fraction of sp³-hybridized carbons (Fsp3) is 0.200. The normalized spacial score (nSPS) is 16.5. The summed E-state index contributed by atoms with van der Waals surface area (Å²) < 4.78 is 1.67. The first-order chi connectivity index (χ1) is 10.1. The number of hydrogen-bond acceptors (Lipinski definition) is 4. The van der Waals surface area contributed by atoms with Gasteiger partial charge in [-0.05, 0) is 11.6 Å². The predicted octanol–water partition coefficient (Wildman–Crippen LogP) is 0.763. The number of carbonyl (C=O) groups excluding carboxylic acids is 2. The number of hydrogen-bond donors (Lipinski definition) is 1. The van der Waals surface area contributed by atoms with Gasteiger partial charge in [0.15, 0.2) is 5.78 Å². The number of rotatable bonds is 3. The quantitative estimate of drug-likeness (QED) is 0.896. The molecule has 2 N–H and O–H groups in total. The Labute approximate surface area is 120 Å². The van der Waals surface area contributed by atoms with Crippen molar-refractivity contribution in [2.45, 2.75) is 18.9 Å². The number of fused-ring (bicyclic) bond motifs is 1. The van der Waals surface area contributed by atoms with E-state index in [4.69, 9.17) is 11.0 Å². The van der Waals surface area contributed by atoms with Gasteiger partial charge in [-0.1, -0.05) is 12.1 Å². The van der Waals surface area contributed by atoms with Gasteiger partial charge < -0.3 is 10.3 Å². The van der Waals surface area contributed by atoms with E-state index in [0.717, 1.165) is 5.56 Å². The van der Waals surface area contributed by atoms with E-state index in [2.05, 4.69) is 11.1 Å². The predicted molar refractivity (Wildman–Crippen MR) is 73.4 cm³/mol. The van der Waals surface area contributed by atoms with E-state index in [0.29, 0.717) is 23.4 Å². The molecule has 1 heterocycles. The van der Waals surface area contributed by atoms with Crippen LogP contribution < -0.4 is 5.73 Å². The van der Waals surface area contributed by atoms with Gasteiger partial charge in [0.1, 0.15) is 11.9 Å². The lowest BCUT2D eigenvalue weighted by Gasteiger charge is -2.13. The molecule has 2 aromatic rings. The summed E-state index contributed by atoms with van der Waals surface area (Å²) >= 11 is 0. The van der Waals surface area contributed by atoms with E-state index in [-0.39, 0.29) is 12.2 Å². The Kier molecular flexibility index (Phi) is 3.03. The van der Waals surface area contributed by atoms with Crippen LogP contribution in [0.3, 0.4) is 0 Å². The maximum Gasteiger partial charge on any atom is 0.225 e. The fourth-order valence-corrected chi connectivity index (χ4v) is 2.75. The van der Waals surface area contributed by atoms with E-state index >= 15 is 0 Å². The molecule has 0 fully saturated rings. The van der Waals surface area contributed by atoms with Crippen LogP contribution in [0.2, 0.25) is 0 Å². The number of ketones is 1. The van der Waals surface area contributed by atoms with Crippen LogP contribution in [0.4, 0.5) is 0 Å². The minimum absolute atomic E-state index is 0.0156. The minimum atomic E-state index is -0.497. The van der Waals surface area contributed by atoms with E-state index < -0.39 is 11.9 Å². The van der Waals surface area contributed by atoms with Gasteiger partial charge in [-0.3, -0.25) is 9.59 Å². The maximum absolute atomic E-state index is 12.5. The van der Waals surface area contributed by atoms with Crippen molar-refractivity contribution in [3.8, 4) is 6.07 Å². The molecule has 6 nitrogen and oxygen atoms in total. The number of imidazole rings is 1. The summed E-state index contributed by atoms with van der Waals surface area (Å²) in [6.07, 6.45) is 3.62. The molecule has 0 saturated carbocycles. The largest absolute Gasteiger partial charge is 0.369 e. The molecule has 0 aliphatic heterocycles. The monoisotopic (exact) mass is 280 g/mol. The SMILES string of the molecule is N#Cc1cccc2c1CC(n1ccnc1CC(N)=O)C2=O. The lowest BCUT2D eigenvalue weighted by molar-refractivity contribution is -0.117. The van der Waals surface area contributed by atoms with E-state index in [1.54, 1.807) is 35.2 Å². The molecule has 1 aromatic carbocycles. The van der Waals surface area contributed by atoms with Crippen molar-refractivity contribution in [2.75, 3.05) is 0 Å². The molecule has 1 amide bonds. The van der Waals surface area contributed by atoms with Crippen LogP contribution in [0, 0.1) is 11.3 Å². The van der Waals surface area contributed by atoms with Crippen molar-refractivity contribution in [2.24, 2.45) is 5.73 Å². The first-order valence-corrected chi connectivity index (χ1v) is 6.48. The van der Waals surface area contributed by atoms with E-state index in [9.17, 15) is 9.59 Å². The third-order valence-corrected chi connectivity index (χ3v) is 3.68. The van der Waals surface area contributed by atoms with Crippen molar-refractivity contribution >= 4 is 11.7 Å². The Morgan fingerprint density at radius 3 is 3.05 bits per heavy atom. The van der Waals surface area contributed by atoms with Crippen LogP contribution in [0.25, 0.3) is 0 Å². The summed E-state index contributed by atoms with van der Waals surface area (Å²) in [7, 11) is 0. The van der Waals surface area contributed by atoms with Gasteiger partial charge in [-0.2, -0.15) is 5.26 Å². The highest BCUT2D eigenvalue weighted by Crippen LogP contribution is 2.32. The number of aromatic nitrogens is 2. The smallest absolute Gasteiger partial charge is 0.225 e. The number of amides is 1. The number of benzene rings is 1. The summed E-state index contributed by atoms with van der Waals surface area (Å²) in [6, 6.07) is 6.77. The molecular formula is C15H12N4O2. The van der Waals surface area contributed by atoms with E-state index in [1.165, 1.54) is 0 Å². The molecule has 6 heteroatoms. The molecule has 0 spiro atoms. The summed E-state index contributed by atoms with van der Waals surface area (Å²) in [6.45, 7) is 0. The van der Waals surface area contributed by atoms with Crippen molar-refractivity contribution in [1.82, 2.24) is 9.55 Å². The van der Waals surface area contributed by atoms with Crippen molar-refractivity contribution in [3.05, 3.63) is 53.1 Å². The average molecular weight is 280 g/mol. The lowest BCUT2D eigenvalue weighted by atomic mass is 10.0. The molecule has 1 aliphatic rings. The first kappa shape index (κ1) is 13.1. The molecular weight excluding hydrogens is 268 g/mol. The van der Waals surface area contributed by atoms with Crippen molar-refractivity contribution < 1.29 is 9.59 Å². The number of Topliss-reactive ketones (excluding diaryl/α,β-unsaturated/α-hetero) is 1. The zero-order valence-electron chi connectivity index (χ0n) is 11.1. The van der Waals surface area contributed by atoms with Crippen LogP contribution in [0.5, 0.6) is 0 Å². The highest BCUT2D eigenvalue weighted by atomic mass is 16.1. The summed E-state index contributed by atoms with van der Waals surface area (Å²) in [5.74, 6) is -0.0962. The molecule has 1 atom stereocenters. The first-order valence-electron chi connectivity index (χ1n) is 6.48. The van der Waals surface area contributed by atoms with Gasteiger partial charge in [0.25, 0.3) is 0 Å². The Hall–Kier alpha value is -2.94. The van der Waals surface area contributed by atoms with E-state index in [1.807, 2.05) is 0 Å². The Morgan fingerprint density at radius 2 is 2.33 bits per heavy atom. The van der Waals surface area contributed by atoms with Crippen LogP contribution in [0.15, 0.2) is 30.6 Å². The second-order valence-corrected chi connectivity index (χ2v) is 4.92. The van der Waals surface area contributed by atoms with Gasteiger partial charge in [-0.25, -0.2) is 4.98 Å². The van der Waals surface area contributed by atoms with Crippen LogP contribution in [0.1, 0.15) is 33.4 Å². The standard InChI is InChI=1S/C15H12N4O2/c16-8-9-2-1-3-10-11(9)6-12(15(10)21)19-5-4-18-14(19)7-13(17)20/h1-5,12H,6-7H2,(H2,17,20). The number of nitriles is 1. The second-order valence-electron chi connectivity index (χ2n) is 4.92. The summed E-state index contributed by atoms with van der Waals surface area (Å²) in [5.41, 5.74) is 7.03. The molecule has 104 valence electrons. The molecule has 1 aromatic heterocycles. The van der Waals surface area contributed by atoms with Gasteiger partial charge in [0.05, 0.1) is 18.1 Å². The number of carbonyl (C=O) groups is 2. The molecule has 1 unspecified atom stereocenters. The second kappa shape index (κ2) is 4.87. The molecule has 0 bridgehead atoms. The van der Waals surface area contributed by atoms with Crippen LogP contribution in [-0.2, 0) is 17.6 Å². The molecule has 3 rings (SSSR count). The average Bonchev–Trinajstić information content (AvgIpc) is 3.03. The molecule has 21 heavy (non-hydrogen) atoms. The maximum atomic E-state index is 12.5. The number of nitrogens with zero attached hydrogens (tertiary/aromatic N) is 3. The summed E-state index contributed by atoms with van der Waals surface area (Å²) in [4.78, 5) is 27.7. The molecule has 0 saturated heterocycles. The van der Waals surface area contributed by atoms with Crippen molar-refractivity contribution in [3.63, 3.8) is 0 Å². The van der Waals surface area contributed by atoms with Gasteiger partial charge >= 0.3 is 0 Å². The topological polar surface area (TPSA) is 102 Å². The van der Waals surface area contributed by atoms with Crippen LogP contribution >= 0.6 is 0 Å². The molecule has 1 aliphatic carbocycles. The van der Waals surface area contributed by atoms with Crippen LogP contribution in [-0.4, -0.2) is 21.2 Å². The Bertz CT molecular complexity index is 785. The number of nitrogens with two attached hydrogens (primary N) is 1. The highest BCUT2D eigenvalue weighted by molar-refractivity contribution is 6.04. The lowest BCUT2D eigenvalue weighted by Crippen LogP contribution is -2.22. The van der Waals surface area contributed by atoms with Crippen molar-refractivity contribution in [1.29, 1.82) is 5.26 Å². The Morgan fingerprint density at radius 1 is 1.52 bits per heavy atom. The highest BCUT2D eigenvalue weighted by Gasteiger charge is 2.34. The van der Waals surface area contributed by atoms with Gasteiger partial charge in [0.2, 0.25) is 5.91 Å². The minimum Gasteiger partial charge on any atom is -0.369 e.